The summed E-state index contributed by atoms with van der Waals surface area (Å²) in [7, 11) is 0. The molecule has 0 amide bonds. The van der Waals surface area contributed by atoms with Crippen molar-refractivity contribution >= 4 is 33.9 Å². The number of hydrogen-bond donors (Lipinski definition) is 2. The number of anilines is 1. The molecule has 94 valence electrons. The summed E-state index contributed by atoms with van der Waals surface area (Å²) in [5.74, 6) is -0.599. The van der Waals surface area contributed by atoms with Gasteiger partial charge in [0.25, 0.3) is 0 Å². The van der Waals surface area contributed by atoms with Gasteiger partial charge in [0.2, 0.25) is 0 Å². The van der Waals surface area contributed by atoms with Crippen LogP contribution in [0, 0.1) is 5.41 Å². The van der Waals surface area contributed by atoms with Gasteiger partial charge in [0.1, 0.15) is 10.4 Å². The number of nitrogens with zero attached hydrogens (tertiary/aromatic N) is 4. The Kier molecular flexibility index (Phi) is 5.09. The first-order valence-electron chi connectivity index (χ1n) is 4.74. The molecule has 3 N–H and O–H groups in total. The number of nitrogens with one attached hydrogen (secondary N) is 1. The highest BCUT2D eigenvalue weighted by atomic mass is 79.9. The van der Waals surface area contributed by atoms with Crippen LogP contribution in [0.3, 0.4) is 0 Å². The number of carbonyl (C=O) groups excluding carboxylic acids is 1. The molecule has 0 fully saturated rings. The molecule has 18 heavy (non-hydrogen) atoms. The lowest BCUT2D eigenvalue weighted by Crippen LogP contribution is -2.13. The molecule has 9 heteroatoms. The van der Waals surface area contributed by atoms with Gasteiger partial charge in [0, 0.05) is 16.7 Å². The van der Waals surface area contributed by atoms with Crippen molar-refractivity contribution < 1.29 is 9.53 Å². The van der Waals surface area contributed by atoms with Crippen molar-refractivity contribution in [3.63, 3.8) is 0 Å². The normalized spacial score (nSPS) is 9.39. The average Bonchev–Trinajstić information content (AvgIpc) is 2.33. The molecule has 1 heterocycles. The van der Waals surface area contributed by atoms with Crippen LogP contribution in [-0.2, 0) is 4.74 Å². The predicted octanol–water partition coefficient (Wildman–Crippen LogP) is 1.89. The van der Waals surface area contributed by atoms with Gasteiger partial charge in [0.05, 0.1) is 18.7 Å². The van der Waals surface area contributed by atoms with Crippen LogP contribution >= 0.6 is 15.9 Å². The van der Waals surface area contributed by atoms with Crippen molar-refractivity contribution in [3.8, 4) is 0 Å². The van der Waals surface area contributed by atoms with E-state index in [4.69, 9.17) is 21.4 Å². The van der Waals surface area contributed by atoms with Gasteiger partial charge in [-0.1, -0.05) is 5.11 Å². The quantitative estimate of drug-likeness (QED) is 0.163. The Morgan fingerprint density at radius 2 is 2.50 bits per heavy atom. The van der Waals surface area contributed by atoms with Crippen LogP contribution in [0.1, 0.15) is 15.9 Å². The molecule has 0 spiro atoms. The average molecular weight is 313 g/mol. The van der Waals surface area contributed by atoms with E-state index in [1.807, 2.05) is 0 Å². The van der Waals surface area contributed by atoms with Gasteiger partial charge in [0.15, 0.2) is 0 Å². The van der Waals surface area contributed by atoms with Crippen LogP contribution < -0.4 is 5.73 Å². The van der Waals surface area contributed by atoms with E-state index in [0.29, 0.717) is 4.60 Å². The van der Waals surface area contributed by atoms with E-state index in [0.717, 1.165) is 6.21 Å². The SMILES string of the molecule is [N-]=[N+]=NCCOC(=O)c1cc(Br)nc(N)c1C=N. The molecule has 1 aromatic rings. The number of rotatable bonds is 5. The Morgan fingerprint density at radius 3 is 3.11 bits per heavy atom. The van der Waals surface area contributed by atoms with E-state index < -0.39 is 5.97 Å². The number of esters is 1. The molecular weight excluding hydrogens is 304 g/mol. The molecule has 0 saturated heterocycles. The minimum Gasteiger partial charge on any atom is -0.462 e. The van der Waals surface area contributed by atoms with E-state index in [2.05, 4.69) is 30.9 Å². The predicted molar refractivity (Wildman–Crippen MR) is 68.5 cm³/mol. The lowest BCUT2D eigenvalue weighted by molar-refractivity contribution is 0.0516. The molecule has 0 saturated carbocycles. The Labute approximate surface area is 110 Å². The molecule has 0 unspecified atom stereocenters. The Hall–Kier alpha value is -2.12. The zero-order valence-corrected chi connectivity index (χ0v) is 10.7. The molecule has 0 aliphatic rings. The molecule has 0 radical (unpaired) electrons. The van der Waals surface area contributed by atoms with Crippen molar-refractivity contribution in [2.24, 2.45) is 5.11 Å². The molecule has 1 rings (SSSR count). The van der Waals surface area contributed by atoms with Gasteiger partial charge >= 0.3 is 5.97 Å². The Bertz CT molecular complexity index is 526. The van der Waals surface area contributed by atoms with Crippen molar-refractivity contribution in [3.05, 3.63) is 32.2 Å². The van der Waals surface area contributed by atoms with Crippen LogP contribution in [-0.4, -0.2) is 30.3 Å². The van der Waals surface area contributed by atoms with Gasteiger partial charge in [-0.05, 0) is 27.5 Å². The minimum atomic E-state index is -0.656. The third kappa shape index (κ3) is 3.44. The topological polar surface area (TPSA) is 138 Å². The molecule has 0 bridgehead atoms. The van der Waals surface area contributed by atoms with E-state index >= 15 is 0 Å². The smallest absolute Gasteiger partial charge is 0.339 e. The van der Waals surface area contributed by atoms with E-state index in [1.54, 1.807) is 0 Å². The molecule has 0 atom stereocenters. The molecular formula is C9H9BrN6O2. The van der Waals surface area contributed by atoms with Gasteiger partial charge in [-0.25, -0.2) is 9.78 Å². The lowest BCUT2D eigenvalue weighted by atomic mass is 10.1. The standard InChI is InChI=1S/C9H9BrN6O2/c10-7-3-5(6(4-11)8(12)15-7)9(17)18-2-1-14-16-13/h3-4,11H,1-2H2,(H2,12,15). The van der Waals surface area contributed by atoms with Gasteiger partial charge < -0.3 is 15.9 Å². The fourth-order valence-corrected chi connectivity index (χ4v) is 1.58. The van der Waals surface area contributed by atoms with Gasteiger partial charge in [-0.15, -0.1) is 0 Å². The first-order chi connectivity index (χ1) is 8.60. The second-order valence-electron chi connectivity index (χ2n) is 3.03. The lowest BCUT2D eigenvalue weighted by Gasteiger charge is -2.08. The molecule has 1 aromatic heterocycles. The van der Waals surface area contributed by atoms with E-state index in [1.165, 1.54) is 6.07 Å². The first-order valence-corrected chi connectivity index (χ1v) is 5.54. The molecule has 0 aliphatic carbocycles. The number of nitrogens with two attached hydrogens (primary N) is 1. The Morgan fingerprint density at radius 1 is 1.78 bits per heavy atom. The maximum atomic E-state index is 11.7. The highest BCUT2D eigenvalue weighted by molar-refractivity contribution is 9.10. The highest BCUT2D eigenvalue weighted by Gasteiger charge is 2.16. The number of pyridine rings is 1. The molecule has 0 aromatic carbocycles. The number of hydrogen-bond acceptors (Lipinski definition) is 6. The van der Waals surface area contributed by atoms with Crippen molar-refractivity contribution in [1.82, 2.24) is 4.98 Å². The Balaban J connectivity index is 2.90. The largest absolute Gasteiger partial charge is 0.462 e. The first kappa shape index (κ1) is 13.9. The second-order valence-corrected chi connectivity index (χ2v) is 3.84. The summed E-state index contributed by atoms with van der Waals surface area (Å²) in [6, 6.07) is 1.41. The van der Waals surface area contributed by atoms with Crippen LogP contribution in [0.5, 0.6) is 0 Å². The fraction of sp³-hybridized carbons (Fsp3) is 0.222. The maximum absolute atomic E-state index is 11.7. The van der Waals surface area contributed by atoms with Crippen LogP contribution in [0.15, 0.2) is 15.8 Å². The highest BCUT2D eigenvalue weighted by Crippen LogP contribution is 2.19. The minimum absolute atomic E-state index is 0.0415. The van der Waals surface area contributed by atoms with Crippen LogP contribution in [0.2, 0.25) is 0 Å². The van der Waals surface area contributed by atoms with Crippen molar-refractivity contribution in [2.75, 3.05) is 18.9 Å². The zero-order valence-electron chi connectivity index (χ0n) is 9.13. The summed E-state index contributed by atoms with van der Waals surface area (Å²) in [6.07, 6.45) is 0.929. The van der Waals surface area contributed by atoms with E-state index in [-0.39, 0.29) is 30.1 Å². The van der Waals surface area contributed by atoms with Crippen molar-refractivity contribution in [1.29, 1.82) is 5.41 Å². The van der Waals surface area contributed by atoms with Crippen LogP contribution in [0.25, 0.3) is 10.4 Å². The van der Waals surface area contributed by atoms with Crippen LogP contribution in [0.4, 0.5) is 5.82 Å². The number of aromatic nitrogens is 1. The number of azide groups is 1. The summed E-state index contributed by atoms with van der Waals surface area (Å²) < 4.78 is 5.24. The zero-order chi connectivity index (χ0) is 13.5. The summed E-state index contributed by atoms with van der Waals surface area (Å²) in [4.78, 5) is 18.1. The number of ether oxygens (including phenoxy) is 1. The summed E-state index contributed by atoms with van der Waals surface area (Å²) in [6.45, 7) is 0.00405. The summed E-state index contributed by atoms with van der Waals surface area (Å²) in [5.41, 5.74) is 14.0. The third-order valence-corrected chi connectivity index (χ3v) is 2.32. The fourth-order valence-electron chi connectivity index (χ4n) is 1.16. The van der Waals surface area contributed by atoms with Crippen molar-refractivity contribution in [2.45, 2.75) is 0 Å². The molecule has 0 aliphatic heterocycles. The summed E-state index contributed by atoms with van der Waals surface area (Å²) >= 11 is 3.10. The second kappa shape index (κ2) is 6.58. The number of nitrogen functional groups attached to an aromatic ring is 1. The van der Waals surface area contributed by atoms with E-state index in [9.17, 15) is 4.79 Å². The summed E-state index contributed by atoms with van der Waals surface area (Å²) in [5, 5.41) is 10.4. The van der Waals surface area contributed by atoms with Gasteiger partial charge in [-0.3, -0.25) is 0 Å². The number of carbonyl (C=O) groups is 1. The number of halogens is 1. The maximum Gasteiger partial charge on any atom is 0.339 e. The molecule has 8 nitrogen and oxygen atoms in total. The third-order valence-electron chi connectivity index (χ3n) is 1.91. The van der Waals surface area contributed by atoms with Gasteiger partial charge in [-0.2, -0.15) is 0 Å². The monoisotopic (exact) mass is 312 g/mol.